The molecule has 2 amide bonds. The van der Waals surface area contributed by atoms with E-state index in [0.717, 1.165) is 94.3 Å². The van der Waals surface area contributed by atoms with Gasteiger partial charge >= 0.3 is 0 Å². The fraction of sp³-hybridized carbons (Fsp3) is 0.400. The van der Waals surface area contributed by atoms with Crippen molar-refractivity contribution in [2.24, 2.45) is 11.8 Å². The number of amides is 2. The second-order valence-corrected chi connectivity index (χ2v) is 14.9. The van der Waals surface area contributed by atoms with Gasteiger partial charge in [-0.2, -0.15) is 0 Å². The van der Waals surface area contributed by atoms with Crippen LogP contribution in [0.4, 0.5) is 0 Å². The summed E-state index contributed by atoms with van der Waals surface area (Å²) in [6.45, 7) is 10.1. The average molecular weight is 679 g/mol. The lowest BCUT2D eigenvalue weighted by Gasteiger charge is -2.29. The highest BCUT2D eigenvalue weighted by Crippen LogP contribution is 2.49. The van der Waals surface area contributed by atoms with Gasteiger partial charge in [0.15, 0.2) is 0 Å². The molecule has 6 nitrogen and oxygen atoms in total. The zero-order valence-corrected chi connectivity index (χ0v) is 30.2. The van der Waals surface area contributed by atoms with Crippen LogP contribution in [0.5, 0.6) is 0 Å². The summed E-state index contributed by atoms with van der Waals surface area (Å²) >= 11 is 3.23. The molecule has 2 atom stereocenters. The van der Waals surface area contributed by atoms with Crippen LogP contribution in [0.15, 0.2) is 83.5 Å². The van der Waals surface area contributed by atoms with E-state index < -0.39 is 0 Å². The number of unbranched alkanes of at least 4 members (excludes halogenated alkanes) is 2. The lowest BCUT2D eigenvalue weighted by atomic mass is 9.98. The topological polar surface area (TPSA) is 66.4 Å². The van der Waals surface area contributed by atoms with Gasteiger partial charge in [-0.25, -0.2) is 0 Å². The standard InChI is InChI=1S/C40H46N4O2S2/c1-5-9-14-27(7-3)25-43-37(33-17-13-23-47-33)35-36(40(43)46)38(44(39(35)45)26-28(8-4)15-10-6-2)34-21-20-32(48-34)29-18-19-31(42-24-29)30-16-11-12-22-41-30/h11-13,16-24,27-28H,5-10,14-15,25-26H2,1-4H3. The minimum Gasteiger partial charge on any atom is -0.306 e. The van der Waals surface area contributed by atoms with Gasteiger partial charge < -0.3 is 9.80 Å². The fourth-order valence-electron chi connectivity index (χ4n) is 6.85. The Morgan fingerprint density at radius 2 is 1.29 bits per heavy atom. The molecule has 0 aromatic carbocycles. The van der Waals surface area contributed by atoms with Gasteiger partial charge in [-0.05, 0) is 72.5 Å². The third-order valence-electron chi connectivity index (χ3n) is 9.72. The molecule has 8 heteroatoms. The van der Waals surface area contributed by atoms with Crippen LogP contribution >= 0.6 is 22.7 Å². The van der Waals surface area contributed by atoms with Crippen LogP contribution in [0, 0.1) is 11.8 Å². The minimum atomic E-state index is -0.0351. The van der Waals surface area contributed by atoms with Crippen molar-refractivity contribution in [3.63, 3.8) is 0 Å². The van der Waals surface area contributed by atoms with Crippen LogP contribution in [0.2, 0.25) is 0 Å². The number of hydrogen-bond acceptors (Lipinski definition) is 6. The number of carbonyl (C=O) groups excluding carboxylic acids is 2. The zero-order chi connectivity index (χ0) is 33.6. The maximum atomic E-state index is 14.7. The Hall–Kier alpha value is -3.88. The van der Waals surface area contributed by atoms with Crippen molar-refractivity contribution in [2.75, 3.05) is 13.1 Å². The van der Waals surface area contributed by atoms with Gasteiger partial charge in [0.2, 0.25) is 0 Å². The predicted octanol–water partition coefficient (Wildman–Crippen LogP) is 10.2. The van der Waals surface area contributed by atoms with Crippen LogP contribution < -0.4 is 0 Å². The lowest BCUT2D eigenvalue weighted by molar-refractivity contribution is -0.124. The van der Waals surface area contributed by atoms with Gasteiger partial charge in [0, 0.05) is 35.9 Å². The van der Waals surface area contributed by atoms with Gasteiger partial charge in [0.05, 0.1) is 43.7 Å². The Balaban J connectivity index is 1.43. The first-order valence-corrected chi connectivity index (χ1v) is 19.3. The number of carbonyl (C=O) groups is 2. The Bertz CT molecular complexity index is 1770. The molecule has 48 heavy (non-hydrogen) atoms. The normalized spacial score (nSPS) is 16.0. The molecule has 0 saturated carbocycles. The third-order valence-corrected chi connectivity index (χ3v) is 11.7. The molecule has 0 bridgehead atoms. The van der Waals surface area contributed by atoms with Crippen molar-refractivity contribution < 1.29 is 9.59 Å². The van der Waals surface area contributed by atoms with Crippen molar-refractivity contribution in [1.29, 1.82) is 0 Å². The summed E-state index contributed by atoms with van der Waals surface area (Å²) in [6.07, 6.45) is 12.3. The molecule has 0 N–H and O–H groups in total. The van der Waals surface area contributed by atoms with Crippen molar-refractivity contribution in [1.82, 2.24) is 19.8 Å². The van der Waals surface area contributed by atoms with Crippen LogP contribution in [0.3, 0.4) is 0 Å². The first kappa shape index (κ1) is 34.0. The monoisotopic (exact) mass is 678 g/mol. The Kier molecular flexibility index (Phi) is 11.0. The molecule has 0 radical (unpaired) electrons. The molecule has 4 aromatic rings. The van der Waals surface area contributed by atoms with Crippen molar-refractivity contribution in [3.8, 4) is 21.8 Å². The van der Waals surface area contributed by atoms with Gasteiger partial charge in [0.25, 0.3) is 11.8 Å². The Labute approximate surface area is 293 Å². The van der Waals surface area contributed by atoms with Crippen molar-refractivity contribution in [2.45, 2.75) is 79.1 Å². The van der Waals surface area contributed by atoms with Crippen molar-refractivity contribution in [3.05, 3.63) is 93.3 Å². The van der Waals surface area contributed by atoms with Gasteiger partial charge in [-0.15, -0.1) is 22.7 Å². The van der Waals surface area contributed by atoms with E-state index in [-0.39, 0.29) is 11.8 Å². The largest absolute Gasteiger partial charge is 0.306 e. The highest BCUT2D eigenvalue weighted by molar-refractivity contribution is 7.16. The molecule has 6 rings (SSSR count). The van der Waals surface area contributed by atoms with Crippen molar-refractivity contribution >= 4 is 45.9 Å². The second-order valence-electron chi connectivity index (χ2n) is 12.9. The number of fused-ring (bicyclic) bond motifs is 1. The SMILES string of the molecule is CCCCC(CC)CN1C(=O)C2=C(c3ccc(-c4ccc(-c5ccccn5)nc4)s3)N(CC(CC)CCCC)C(=O)C2=C1c1cccs1. The minimum absolute atomic E-state index is 0.0351. The molecule has 2 aliphatic heterocycles. The Morgan fingerprint density at radius 3 is 1.81 bits per heavy atom. The molecule has 250 valence electrons. The fourth-order valence-corrected chi connectivity index (χ4v) is 8.69. The Morgan fingerprint density at radius 1 is 0.667 bits per heavy atom. The number of hydrogen-bond donors (Lipinski definition) is 0. The first-order valence-electron chi connectivity index (χ1n) is 17.6. The molecule has 0 aliphatic carbocycles. The molecule has 6 heterocycles. The van der Waals surface area contributed by atoms with E-state index in [2.05, 4.69) is 56.9 Å². The van der Waals surface area contributed by atoms with E-state index in [9.17, 15) is 9.59 Å². The molecule has 0 fully saturated rings. The summed E-state index contributed by atoms with van der Waals surface area (Å²) < 4.78 is 0. The van der Waals surface area contributed by atoms with Crippen LogP contribution in [0.1, 0.15) is 88.8 Å². The average Bonchev–Trinajstić information content (AvgIpc) is 3.93. The molecule has 0 spiro atoms. The van der Waals surface area contributed by atoms with E-state index in [1.165, 1.54) is 0 Å². The summed E-state index contributed by atoms with van der Waals surface area (Å²) in [6, 6.07) is 18.1. The molecular formula is C40H46N4O2S2. The maximum Gasteiger partial charge on any atom is 0.261 e. The molecule has 0 saturated heterocycles. The van der Waals surface area contributed by atoms with Gasteiger partial charge in [-0.3, -0.25) is 19.6 Å². The summed E-state index contributed by atoms with van der Waals surface area (Å²) in [4.78, 5) is 45.4. The van der Waals surface area contributed by atoms with Crippen LogP contribution in [-0.4, -0.2) is 44.7 Å². The van der Waals surface area contributed by atoms with Crippen LogP contribution in [-0.2, 0) is 9.59 Å². The number of thiophene rings is 2. The van der Waals surface area contributed by atoms with E-state index in [4.69, 9.17) is 4.98 Å². The summed E-state index contributed by atoms with van der Waals surface area (Å²) in [5.74, 6) is 0.674. The highest BCUT2D eigenvalue weighted by Gasteiger charge is 2.49. The predicted molar refractivity (Wildman–Crippen MR) is 199 cm³/mol. The zero-order valence-electron chi connectivity index (χ0n) is 28.6. The van der Waals surface area contributed by atoms with E-state index in [0.29, 0.717) is 36.1 Å². The summed E-state index contributed by atoms with van der Waals surface area (Å²) in [7, 11) is 0. The summed E-state index contributed by atoms with van der Waals surface area (Å²) in [5, 5.41) is 2.04. The van der Waals surface area contributed by atoms with E-state index in [1.807, 2.05) is 51.7 Å². The van der Waals surface area contributed by atoms with Gasteiger partial charge in [0.1, 0.15) is 0 Å². The first-order chi connectivity index (χ1) is 23.5. The summed E-state index contributed by atoms with van der Waals surface area (Å²) in [5.41, 5.74) is 5.41. The lowest BCUT2D eigenvalue weighted by Crippen LogP contribution is -2.34. The van der Waals surface area contributed by atoms with E-state index in [1.54, 1.807) is 28.9 Å². The highest BCUT2D eigenvalue weighted by atomic mass is 32.1. The third kappa shape index (κ3) is 6.83. The molecule has 2 unspecified atom stereocenters. The number of nitrogens with zero attached hydrogens (tertiary/aromatic N) is 4. The molecule has 2 aliphatic rings. The van der Waals surface area contributed by atoms with Gasteiger partial charge in [-0.1, -0.05) is 78.4 Å². The number of aromatic nitrogens is 2. The van der Waals surface area contributed by atoms with Crippen LogP contribution in [0.25, 0.3) is 33.2 Å². The number of pyridine rings is 2. The van der Waals surface area contributed by atoms with E-state index >= 15 is 0 Å². The maximum absolute atomic E-state index is 14.7. The second kappa shape index (κ2) is 15.6. The number of rotatable bonds is 16. The quantitative estimate of drug-likeness (QED) is 0.118. The molecular weight excluding hydrogens is 633 g/mol. The smallest absolute Gasteiger partial charge is 0.261 e. The molecule has 4 aromatic heterocycles.